The van der Waals surface area contributed by atoms with E-state index in [1.165, 1.54) is 0 Å². The average molecular weight is 264 g/mol. The zero-order valence-corrected chi connectivity index (χ0v) is 10.8. The van der Waals surface area contributed by atoms with Crippen molar-refractivity contribution in [1.29, 1.82) is 0 Å². The molecule has 2 rings (SSSR count). The van der Waals surface area contributed by atoms with E-state index in [0.717, 1.165) is 18.4 Å². The lowest BCUT2D eigenvalue weighted by Crippen LogP contribution is -2.47. The SMILES string of the molecule is N[C@H](Cc1ccc(O)cc1)C(=O)N1CCCC1CO. The Morgan fingerprint density at radius 3 is 2.74 bits per heavy atom. The number of rotatable bonds is 4. The van der Waals surface area contributed by atoms with Crippen LogP contribution < -0.4 is 5.73 Å². The molecule has 1 amide bonds. The van der Waals surface area contributed by atoms with E-state index in [-0.39, 0.29) is 24.3 Å². The molecule has 19 heavy (non-hydrogen) atoms. The van der Waals surface area contributed by atoms with Crippen LogP contribution in [0.2, 0.25) is 0 Å². The number of benzene rings is 1. The van der Waals surface area contributed by atoms with Gasteiger partial charge in [-0.15, -0.1) is 0 Å². The van der Waals surface area contributed by atoms with E-state index in [0.29, 0.717) is 13.0 Å². The average Bonchev–Trinajstić information content (AvgIpc) is 2.88. The van der Waals surface area contributed by atoms with Crippen LogP contribution in [0.15, 0.2) is 24.3 Å². The van der Waals surface area contributed by atoms with Gasteiger partial charge in [-0.3, -0.25) is 4.79 Å². The van der Waals surface area contributed by atoms with Crippen LogP contribution in [-0.4, -0.2) is 46.3 Å². The van der Waals surface area contributed by atoms with Crippen molar-refractivity contribution in [3.63, 3.8) is 0 Å². The zero-order valence-electron chi connectivity index (χ0n) is 10.8. The van der Waals surface area contributed by atoms with E-state index in [2.05, 4.69) is 0 Å². The molecule has 0 saturated carbocycles. The molecule has 1 heterocycles. The molecule has 1 fully saturated rings. The number of aliphatic hydroxyl groups excluding tert-OH is 1. The van der Waals surface area contributed by atoms with E-state index in [9.17, 15) is 15.0 Å². The van der Waals surface area contributed by atoms with Gasteiger partial charge in [0.1, 0.15) is 5.75 Å². The maximum absolute atomic E-state index is 12.2. The first-order valence-electron chi connectivity index (χ1n) is 6.56. The van der Waals surface area contributed by atoms with E-state index < -0.39 is 6.04 Å². The first-order valence-corrected chi connectivity index (χ1v) is 6.56. The smallest absolute Gasteiger partial charge is 0.240 e. The molecule has 0 spiro atoms. The first kappa shape index (κ1) is 13.8. The number of nitrogens with zero attached hydrogens (tertiary/aromatic N) is 1. The van der Waals surface area contributed by atoms with Crippen LogP contribution in [0.5, 0.6) is 5.75 Å². The number of carbonyl (C=O) groups is 1. The lowest BCUT2D eigenvalue weighted by Gasteiger charge is -2.26. The van der Waals surface area contributed by atoms with Crippen LogP contribution in [-0.2, 0) is 11.2 Å². The molecule has 2 atom stereocenters. The van der Waals surface area contributed by atoms with E-state index in [4.69, 9.17) is 5.73 Å². The number of phenolic OH excluding ortho intramolecular Hbond substituents is 1. The fourth-order valence-electron chi connectivity index (χ4n) is 2.50. The van der Waals surface area contributed by atoms with Crippen LogP contribution in [0.4, 0.5) is 0 Å². The third-order valence-corrected chi connectivity index (χ3v) is 3.58. The van der Waals surface area contributed by atoms with Crippen LogP contribution in [0.3, 0.4) is 0 Å². The lowest BCUT2D eigenvalue weighted by atomic mass is 10.1. The van der Waals surface area contributed by atoms with Gasteiger partial charge in [0.15, 0.2) is 0 Å². The molecule has 0 radical (unpaired) electrons. The summed E-state index contributed by atoms with van der Waals surface area (Å²) in [5, 5.41) is 18.4. The number of aliphatic hydroxyl groups is 1. The molecule has 1 saturated heterocycles. The highest BCUT2D eigenvalue weighted by Gasteiger charge is 2.31. The van der Waals surface area contributed by atoms with Crippen LogP contribution in [0.25, 0.3) is 0 Å². The van der Waals surface area contributed by atoms with Gasteiger partial charge in [-0.2, -0.15) is 0 Å². The summed E-state index contributed by atoms with van der Waals surface area (Å²) in [6.07, 6.45) is 2.20. The van der Waals surface area contributed by atoms with Gasteiger partial charge >= 0.3 is 0 Å². The molecule has 5 nitrogen and oxygen atoms in total. The minimum absolute atomic E-state index is 0.00231. The second-order valence-corrected chi connectivity index (χ2v) is 4.99. The first-order chi connectivity index (χ1) is 9.11. The predicted octanol–water partition coefficient (Wildman–Crippen LogP) is 0.245. The second-order valence-electron chi connectivity index (χ2n) is 4.99. The van der Waals surface area contributed by atoms with Gasteiger partial charge in [0, 0.05) is 6.54 Å². The Bertz CT molecular complexity index is 433. The van der Waals surface area contributed by atoms with Gasteiger partial charge in [-0.25, -0.2) is 0 Å². The highest BCUT2D eigenvalue weighted by atomic mass is 16.3. The lowest BCUT2D eigenvalue weighted by molar-refractivity contribution is -0.134. The van der Waals surface area contributed by atoms with Crippen molar-refractivity contribution < 1.29 is 15.0 Å². The monoisotopic (exact) mass is 264 g/mol. The summed E-state index contributed by atoms with van der Waals surface area (Å²) in [5.74, 6) is 0.0909. The van der Waals surface area contributed by atoms with Crippen LogP contribution in [0.1, 0.15) is 18.4 Å². The molecule has 1 aromatic carbocycles. The van der Waals surface area contributed by atoms with Gasteiger partial charge in [0.2, 0.25) is 5.91 Å². The maximum atomic E-state index is 12.2. The number of hydrogen-bond donors (Lipinski definition) is 3. The normalized spacial score (nSPS) is 20.5. The summed E-state index contributed by atoms with van der Waals surface area (Å²) in [4.78, 5) is 13.9. The number of hydrogen-bond acceptors (Lipinski definition) is 4. The molecule has 0 aromatic heterocycles. The second kappa shape index (κ2) is 6.04. The minimum atomic E-state index is -0.600. The topological polar surface area (TPSA) is 86.8 Å². The van der Waals surface area contributed by atoms with E-state index >= 15 is 0 Å². The summed E-state index contributed by atoms with van der Waals surface area (Å²) in [6.45, 7) is 0.672. The molecule has 4 N–H and O–H groups in total. The van der Waals surface area contributed by atoms with E-state index in [1.807, 2.05) is 0 Å². The summed E-state index contributed by atoms with van der Waals surface area (Å²) >= 11 is 0. The zero-order chi connectivity index (χ0) is 13.8. The molecule has 5 heteroatoms. The Morgan fingerprint density at radius 1 is 1.42 bits per heavy atom. The van der Waals surface area contributed by atoms with Crippen molar-refractivity contribution in [3.8, 4) is 5.75 Å². The van der Waals surface area contributed by atoms with Crippen LogP contribution in [0, 0.1) is 0 Å². The molecule has 0 aliphatic carbocycles. The number of likely N-dealkylation sites (tertiary alicyclic amines) is 1. The Morgan fingerprint density at radius 2 is 2.11 bits per heavy atom. The van der Waals surface area contributed by atoms with Gasteiger partial charge in [0.25, 0.3) is 0 Å². The molecule has 104 valence electrons. The third kappa shape index (κ3) is 3.24. The summed E-state index contributed by atoms with van der Waals surface area (Å²) < 4.78 is 0. The maximum Gasteiger partial charge on any atom is 0.240 e. The number of aromatic hydroxyl groups is 1. The Kier molecular flexibility index (Phi) is 4.39. The number of phenols is 1. The van der Waals surface area contributed by atoms with Crippen molar-refractivity contribution in [2.24, 2.45) is 5.73 Å². The number of carbonyl (C=O) groups excluding carboxylic acids is 1. The van der Waals surface area contributed by atoms with Crippen molar-refractivity contribution in [2.75, 3.05) is 13.2 Å². The molecule has 1 unspecified atom stereocenters. The van der Waals surface area contributed by atoms with Crippen molar-refractivity contribution in [3.05, 3.63) is 29.8 Å². The minimum Gasteiger partial charge on any atom is -0.508 e. The fraction of sp³-hybridized carbons (Fsp3) is 0.500. The van der Waals surface area contributed by atoms with Gasteiger partial charge in [-0.05, 0) is 37.0 Å². The van der Waals surface area contributed by atoms with Gasteiger partial charge in [-0.1, -0.05) is 12.1 Å². The fourth-order valence-corrected chi connectivity index (χ4v) is 2.50. The Balaban J connectivity index is 1.97. The number of nitrogens with two attached hydrogens (primary N) is 1. The Hall–Kier alpha value is -1.59. The molecule has 1 aliphatic heterocycles. The summed E-state index contributed by atoms with van der Waals surface area (Å²) in [7, 11) is 0. The molecular weight excluding hydrogens is 244 g/mol. The molecule has 1 aliphatic rings. The van der Waals surface area contributed by atoms with Crippen molar-refractivity contribution in [2.45, 2.75) is 31.3 Å². The molecule has 0 bridgehead atoms. The molecular formula is C14H20N2O3. The van der Waals surface area contributed by atoms with Crippen molar-refractivity contribution >= 4 is 5.91 Å². The molecule has 1 aromatic rings. The highest BCUT2D eigenvalue weighted by Crippen LogP contribution is 2.18. The predicted molar refractivity (Wildman–Crippen MR) is 71.6 cm³/mol. The standard InChI is InChI=1S/C14H20N2O3/c15-13(8-10-3-5-12(18)6-4-10)14(19)16-7-1-2-11(16)9-17/h3-6,11,13,17-18H,1-2,7-9,15H2/t11?,13-/m1/s1. The summed E-state index contributed by atoms with van der Waals surface area (Å²) in [6, 6.07) is 6.00. The summed E-state index contributed by atoms with van der Waals surface area (Å²) in [5.41, 5.74) is 6.86. The Labute approximate surface area is 112 Å². The van der Waals surface area contributed by atoms with E-state index in [1.54, 1.807) is 29.2 Å². The third-order valence-electron chi connectivity index (χ3n) is 3.58. The van der Waals surface area contributed by atoms with Crippen LogP contribution >= 0.6 is 0 Å². The van der Waals surface area contributed by atoms with Gasteiger partial charge in [0.05, 0.1) is 18.7 Å². The highest BCUT2D eigenvalue weighted by molar-refractivity contribution is 5.82. The quantitative estimate of drug-likeness (QED) is 0.727. The van der Waals surface area contributed by atoms with Crippen molar-refractivity contribution in [1.82, 2.24) is 4.90 Å². The van der Waals surface area contributed by atoms with Gasteiger partial charge < -0.3 is 20.8 Å². The largest absolute Gasteiger partial charge is 0.508 e. The number of amides is 1.